The average Bonchev–Trinajstić information content (AvgIpc) is 3.17. The van der Waals surface area contributed by atoms with Gasteiger partial charge in [0.25, 0.3) is 0 Å². The Morgan fingerprint density at radius 3 is 2.52 bits per heavy atom. The van der Waals surface area contributed by atoms with E-state index in [2.05, 4.69) is 0 Å². The van der Waals surface area contributed by atoms with Crippen molar-refractivity contribution in [1.29, 1.82) is 0 Å². The smallest absolute Gasteiger partial charge is 0.405 e. The molecule has 1 aliphatic rings. The molecule has 3 nitrogen and oxygen atoms in total. The highest BCUT2D eigenvalue weighted by Gasteiger charge is 2.39. The molecule has 0 radical (unpaired) electrons. The average molecular weight is 303 g/mol. The summed E-state index contributed by atoms with van der Waals surface area (Å²) in [7, 11) is 0. The van der Waals surface area contributed by atoms with Gasteiger partial charge in [-0.2, -0.15) is 13.2 Å². The van der Waals surface area contributed by atoms with E-state index in [1.807, 2.05) is 0 Å². The molecular formula is C14H13F4NO2. The summed E-state index contributed by atoms with van der Waals surface area (Å²) in [6.07, 6.45) is -1.17. The lowest BCUT2D eigenvalue weighted by Crippen LogP contribution is -2.36. The van der Waals surface area contributed by atoms with E-state index in [0.717, 1.165) is 17.0 Å². The normalized spacial score (nSPS) is 15.4. The number of hydrogen-bond acceptors (Lipinski definition) is 2. The van der Waals surface area contributed by atoms with Crippen LogP contribution in [0.1, 0.15) is 18.4 Å². The fourth-order valence-electron chi connectivity index (χ4n) is 2.02. The number of carbonyl (C=O) groups is 1. The number of carboxylic acids is 1. The molecular weight excluding hydrogens is 290 g/mol. The monoisotopic (exact) mass is 303 g/mol. The molecule has 1 N–H and O–H groups in total. The van der Waals surface area contributed by atoms with Gasteiger partial charge >= 0.3 is 12.1 Å². The van der Waals surface area contributed by atoms with Crippen molar-refractivity contribution in [1.82, 2.24) is 0 Å². The Labute approximate surface area is 118 Å². The fraction of sp³-hybridized carbons (Fsp3) is 0.357. The van der Waals surface area contributed by atoms with Gasteiger partial charge in [-0.05, 0) is 36.6 Å². The van der Waals surface area contributed by atoms with E-state index in [1.54, 1.807) is 0 Å². The highest BCUT2D eigenvalue weighted by atomic mass is 19.4. The Morgan fingerprint density at radius 2 is 2.05 bits per heavy atom. The maximum absolute atomic E-state index is 14.0. The molecule has 21 heavy (non-hydrogen) atoms. The molecule has 0 heterocycles. The van der Waals surface area contributed by atoms with Crippen LogP contribution >= 0.6 is 0 Å². The summed E-state index contributed by atoms with van der Waals surface area (Å²) < 4.78 is 51.7. The summed E-state index contributed by atoms with van der Waals surface area (Å²) >= 11 is 0. The van der Waals surface area contributed by atoms with Crippen LogP contribution in [0.4, 0.5) is 23.2 Å². The van der Waals surface area contributed by atoms with E-state index < -0.39 is 24.5 Å². The Balaban J connectivity index is 2.23. The van der Waals surface area contributed by atoms with Crippen molar-refractivity contribution in [2.75, 3.05) is 11.4 Å². The lowest BCUT2D eigenvalue weighted by atomic mass is 10.1. The minimum atomic E-state index is -4.41. The molecule has 0 aromatic heterocycles. The number of halogens is 4. The molecule has 114 valence electrons. The number of rotatable bonds is 5. The molecule has 0 atom stereocenters. The quantitative estimate of drug-likeness (QED) is 0.669. The largest absolute Gasteiger partial charge is 0.478 e. The molecule has 1 saturated carbocycles. The minimum absolute atomic E-state index is 0.109. The second-order valence-corrected chi connectivity index (χ2v) is 4.86. The fourth-order valence-corrected chi connectivity index (χ4v) is 2.02. The zero-order chi connectivity index (χ0) is 15.6. The lowest BCUT2D eigenvalue weighted by Gasteiger charge is -2.26. The van der Waals surface area contributed by atoms with E-state index in [9.17, 15) is 22.4 Å². The Morgan fingerprint density at radius 1 is 1.38 bits per heavy atom. The van der Waals surface area contributed by atoms with E-state index in [-0.39, 0.29) is 17.3 Å². The van der Waals surface area contributed by atoms with Gasteiger partial charge in [0.1, 0.15) is 12.4 Å². The van der Waals surface area contributed by atoms with Crippen molar-refractivity contribution in [3.05, 3.63) is 35.7 Å². The predicted molar refractivity (Wildman–Crippen MR) is 69.5 cm³/mol. The third kappa shape index (κ3) is 4.47. The summed E-state index contributed by atoms with van der Waals surface area (Å²) in [4.78, 5) is 11.4. The highest BCUT2D eigenvalue weighted by Crippen LogP contribution is 2.35. The second-order valence-electron chi connectivity index (χ2n) is 4.86. The van der Waals surface area contributed by atoms with Crippen LogP contribution in [0.2, 0.25) is 0 Å². The molecule has 0 saturated heterocycles. The van der Waals surface area contributed by atoms with Crippen LogP contribution < -0.4 is 4.90 Å². The van der Waals surface area contributed by atoms with Gasteiger partial charge < -0.3 is 10.0 Å². The molecule has 1 fully saturated rings. The molecule has 1 aliphatic carbocycles. The van der Waals surface area contributed by atoms with Gasteiger partial charge in [0.15, 0.2) is 0 Å². The first-order valence-corrected chi connectivity index (χ1v) is 6.30. The molecule has 0 spiro atoms. The molecule has 0 bridgehead atoms. The zero-order valence-corrected chi connectivity index (χ0v) is 10.9. The van der Waals surface area contributed by atoms with Crippen LogP contribution in [-0.2, 0) is 4.79 Å². The SMILES string of the molecule is O=C(O)C=Cc1ccc(N(CC(F)(F)F)C2CC2)c(F)c1. The van der Waals surface area contributed by atoms with Crippen molar-refractivity contribution in [3.63, 3.8) is 0 Å². The lowest BCUT2D eigenvalue weighted by molar-refractivity contribution is -0.131. The van der Waals surface area contributed by atoms with E-state index in [0.29, 0.717) is 12.8 Å². The van der Waals surface area contributed by atoms with Crippen LogP contribution in [-0.4, -0.2) is 29.8 Å². The third-order valence-corrected chi connectivity index (χ3v) is 3.04. The standard InChI is InChI=1S/C14H13F4NO2/c15-11-7-9(2-6-13(20)21)1-5-12(11)19(10-3-4-10)8-14(16,17)18/h1-2,5-7,10H,3-4,8H2,(H,20,21). The topological polar surface area (TPSA) is 40.5 Å². The van der Waals surface area contributed by atoms with E-state index >= 15 is 0 Å². The number of hydrogen-bond donors (Lipinski definition) is 1. The van der Waals surface area contributed by atoms with Gasteiger partial charge in [0, 0.05) is 12.1 Å². The minimum Gasteiger partial charge on any atom is -0.478 e. The molecule has 1 aromatic rings. The number of nitrogens with zero attached hydrogens (tertiary/aromatic N) is 1. The number of carboxylic acid groups (broad SMARTS) is 1. The van der Waals surface area contributed by atoms with Gasteiger partial charge in [-0.25, -0.2) is 9.18 Å². The van der Waals surface area contributed by atoms with Crippen molar-refractivity contribution < 1.29 is 27.5 Å². The van der Waals surface area contributed by atoms with Gasteiger partial charge in [0.05, 0.1) is 5.69 Å². The van der Waals surface area contributed by atoms with Crippen LogP contribution in [0.15, 0.2) is 24.3 Å². The van der Waals surface area contributed by atoms with Crippen LogP contribution in [0.3, 0.4) is 0 Å². The Bertz CT molecular complexity index is 565. The van der Waals surface area contributed by atoms with Crippen LogP contribution in [0, 0.1) is 5.82 Å². The number of benzene rings is 1. The molecule has 0 aliphatic heterocycles. The molecule has 0 unspecified atom stereocenters. The first-order valence-electron chi connectivity index (χ1n) is 6.30. The first kappa shape index (κ1) is 15.3. The third-order valence-electron chi connectivity index (χ3n) is 3.04. The highest BCUT2D eigenvalue weighted by molar-refractivity contribution is 5.85. The first-order chi connectivity index (χ1) is 9.76. The van der Waals surface area contributed by atoms with Crippen molar-refractivity contribution in [3.8, 4) is 0 Å². The van der Waals surface area contributed by atoms with Crippen molar-refractivity contribution in [2.24, 2.45) is 0 Å². The van der Waals surface area contributed by atoms with Gasteiger partial charge in [0.2, 0.25) is 0 Å². The molecule has 1 aromatic carbocycles. The summed E-state index contributed by atoms with van der Waals surface area (Å²) in [5.74, 6) is -1.98. The molecule has 7 heteroatoms. The summed E-state index contributed by atoms with van der Waals surface area (Å²) in [5, 5.41) is 8.48. The van der Waals surface area contributed by atoms with Gasteiger partial charge in [-0.3, -0.25) is 0 Å². The van der Waals surface area contributed by atoms with Crippen molar-refractivity contribution in [2.45, 2.75) is 25.1 Å². The maximum atomic E-state index is 14.0. The zero-order valence-electron chi connectivity index (χ0n) is 10.9. The number of aliphatic carboxylic acids is 1. The Hall–Kier alpha value is -2.05. The number of anilines is 1. The van der Waals surface area contributed by atoms with Crippen molar-refractivity contribution >= 4 is 17.7 Å². The summed E-state index contributed by atoms with van der Waals surface area (Å²) in [6, 6.07) is 3.38. The van der Waals surface area contributed by atoms with Crippen LogP contribution in [0.25, 0.3) is 6.08 Å². The summed E-state index contributed by atoms with van der Waals surface area (Å²) in [6.45, 7) is -1.20. The van der Waals surface area contributed by atoms with E-state index in [4.69, 9.17) is 5.11 Å². The van der Waals surface area contributed by atoms with Gasteiger partial charge in [-0.1, -0.05) is 6.07 Å². The molecule has 0 amide bonds. The second kappa shape index (κ2) is 5.75. The predicted octanol–water partition coefficient (Wildman–Crippen LogP) is 3.45. The number of alkyl halides is 3. The maximum Gasteiger partial charge on any atom is 0.405 e. The Kier molecular flexibility index (Phi) is 4.20. The van der Waals surface area contributed by atoms with Gasteiger partial charge in [-0.15, -0.1) is 0 Å². The summed E-state index contributed by atoms with van der Waals surface area (Å²) in [5.41, 5.74) is 0.170. The molecule has 2 rings (SSSR count). The van der Waals surface area contributed by atoms with E-state index in [1.165, 1.54) is 18.2 Å². The van der Waals surface area contributed by atoms with Crippen LogP contribution in [0.5, 0.6) is 0 Å².